The number of halogens is 4. The maximum absolute atomic E-state index is 14.7. The maximum Gasteiger partial charge on any atom is 0.407 e. The number of carbonyl (C=O) groups is 1. The van der Waals surface area contributed by atoms with Crippen molar-refractivity contribution in [2.45, 2.75) is 17.8 Å². The number of aromatic nitrogens is 1. The van der Waals surface area contributed by atoms with Gasteiger partial charge in [-0.05, 0) is 11.6 Å². The van der Waals surface area contributed by atoms with E-state index in [2.05, 4.69) is 4.98 Å². The fourth-order valence-electron chi connectivity index (χ4n) is 2.31. The van der Waals surface area contributed by atoms with Crippen LogP contribution in [0.5, 0.6) is 5.88 Å². The van der Waals surface area contributed by atoms with E-state index in [0.717, 1.165) is 11.0 Å². The second-order valence-corrected chi connectivity index (χ2v) is 5.96. The third kappa shape index (κ3) is 4.01. The molecule has 0 aliphatic heterocycles. The van der Waals surface area contributed by atoms with Crippen LogP contribution in [-0.2, 0) is 12.5 Å². The van der Waals surface area contributed by atoms with E-state index in [1.54, 1.807) is 6.07 Å². The molecule has 0 aliphatic carbocycles. The molecule has 26 heavy (non-hydrogen) atoms. The Morgan fingerprint density at radius 2 is 2.00 bits per heavy atom. The van der Waals surface area contributed by atoms with Crippen LogP contribution < -0.4 is 4.74 Å². The monoisotopic (exact) mass is 388 g/mol. The molecule has 1 unspecified atom stereocenters. The average molecular weight is 389 g/mol. The van der Waals surface area contributed by atoms with Crippen molar-refractivity contribution >= 4 is 17.7 Å². The first-order valence-electron chi connectivity index (χ1n) is 7.43. The summed E-state index contributed by atoms with van der Waals surface area (Å²) < 4.78 is 48.8. The van der Waals surface area contributed by atoms with Gasteiger partial charge in [0.05, 0.1) is 13.7 Å². The van der Waals surface area contributed by atoms with E-state index < -0.39 is 28.9 Å². The van der Waals surface area contributed by atoms with Crippen molar-refractivity contribution in [3.8, 4) is 5.88 Å². The van der Waals surface area contributed by atoms with Crippen LogP contribution in [0.2, 0.25) is 0 Å². The number of rotatable bonds is 6. The Morgan fingerprint density at radius 3 is 2.54 bits per heavy atom. The molecule has 0 aliphatic rings. The van der Waals surface area contributed by atoms with Crippen LogP contribution in [0.1, 0.15) is 22.2 Å². The summed E-state index contributed by atoms with van der Waals surface area (Å²) in [7, 11) is 2.41. The third-order valence-electron chi connectivity index (χ3n) is 3.67. The highest BCUT2D eigenvalue weighted by Gasteiger charge is 2.45. The van der Waals surface area contributed by atoms with E-state index in [4.69, 9.17) is 21.4 Å². The van der Waals surface area contributed by atoms with Crippen LogP contribution in [-0.4, -0.2) is 35.2 Å². The van der Waals surface area contributed by atoms with Gasteiger partial charge in [0.2, 0.25) is 5.88 Å². The van der Waals surface area contributed by atoms with Gasteiger partial charge in [0, 0.05) is 12.6 Å². The minimum atomic E-state index is -3.82. The number of carboxylic acid groups (broad SMARTS) is 1. The first-order chi connectivity index (χ1) is 12.2. The van der Waals surface area contributed by atoms with Crippen molar-refractivity contribution in [1.29, 1.82) is 0 Å². The van der Waals surface area contributed by atoms with Crippen molar-refractivity contribution in [3.05, 3.63) is 59.0 Å². The van der Waals surface area contributed by atoms with E-state index in [1.807, 2.05) is 0 Å². The lowest BCUT2D eigenvalue weighted by Gasteiger charge is -2.23. The zero-order valence-electron chi connectivity index (χ0n) is 13.9. The van der Waals surface area contributed by atoms with E-state index in [0.29, 0.717) is 0 Å². The Labute approximate surface area is 153 Å². The first kappa shape index (κ1) is 19.8. The lowest BCUT2D eigenvalue weighted by atomic mass is 10.0. The molecule has 0 saturated heterocycles. The van der Waals surface area contributed by atoms with Crippen LogP contribution in [0.15, 0.2) is 36.4 Å². The topological polar surface area (TPSA) is 62.7 Å². The van der Waals surface area contributed by atoms with Gasteiger partial charge in [0.15, 0.2) is 11.5 Å². The number of methoxy groups -OCH3 is 1. The number of nitrogens with zero attached hydrogens (tertiary/aromatic N) is 2. The summed E-state index contributed by atoms with van der Waals surface area (Å²) in [6.07, 6.45) is -1.27. The number of pyridine rings is 1. The molecule has 1 atom stereocenters. The highest BCUT2D eigenvalue weighted by Crippen LogP contribution is 2.45. The summed E-state index contributed by atoms with van der Waals surface area (Å²) in [6.45, 7) is -0.280. The van der Waals surface area contributed by atoms with Crippen molar-refractivity contribution in [2.24, 2.45) is 0 Å². The van der Waals surface area contributed by atoms with Gasteiger partial charge in [0.25, 0.3) is 0 Å². The SMILES string of the molecule is COc1nc(C(F)(F)C(Cl)c2ccccc2)c(F)cc1CN(C)C(=O)O. The summed E-state index contributed by atoms with van der Waals surface area (Å²) in [6, 6.07) is 8.30. The largest absolute Gasteiger partial charge is 0.481 e. The van der Waals surface area contributed by atoms with E-state index in [9.17, 15) is 18.0 Å². The number of amides is 1. The molecule has 0 fully saturated rings. The van der Waals surface area contributed by atoms with Gasteiger partial charge in [-0.2, -0.15) is 8.78 Å². The Bertz CT molecular complexity index is 790. The van der Waals surface area contributed by atoms with Crippen molar-refractivity contribution in [1.82, 2.24) is 9.88 Å². The molecule has 1 aromatic heterocycles. The fourth-order valence-corrected chi connectivity index (χ4v) is 2.56. The molecule has 0 saturated carbocycles. The van der Waals surface area contributed by atoms with Gasteiger partial charge in [-0.25, -0.2) is 14.2 Å². The van der Waals surface area contributed by atoms with E-state index >= 15 is 0 Å². The Balaban J connectivity index is 2.44. The maximum atomic E-state index is 14.7. The normalized spacial score (nSPS) is 12.5. The van der Waals surface area contributed by atoms with Crippen LogP contribution in [0, 0.1) is 5.82 Å². The molecule has 1 aromatic carbocycles. The van der Waals surface area contributed by atoms with Crippen molar-refractivity contribution in [2.75, 3.05) is 14.2 Å². The number of alkyl halides is 3. The molecule has 140 valence electrons. The molecule has 1 amide bonds. The summed E-state index contributed by atoms with van der Waals surface area (Å²) >= 11 is 5.88. The summed E-state index contributed by atoms with van der Waals surface area (Å²) in [5.41, 5.74) is -1.05. The van der Waals surface area contributed by atoms with Gasteiger partial charge in [0.1, 0.15) is 5.38 Å². The van der Waals surface area contributed by atoms with Gasteiger partial charge in [-0.3, -0.25) is 0 Å². The quantitative estimate of drug-likeness (QED) is 0.744. The summed E-state index contributed by atoms with van der Waals surface area (Å²) in [4.78, 5) is 15.3. The second kappa shape index (κ2) is 7.82. The Hall–Kier alpha value is -2.48. The molecular formula is C17H16ClF3N2O3. The number of ether oxygens (including phenoxy) is 1. The predicted molar refractivity (Wildman–Crippen MR) is 89.2 cm³/mol. The Kier molecular flexibility index (Phi) is 5.97. The van der Waals surface area contributed by atoms with Gasteiger partial charge >= 0.3 is 12.0 Å². The molecule has 1 heterocycles. The molecule has 0 radical (unpaired) electrons. The lowest BCUT2D eigenvalue weighted by molar-refractivity contribution is -0.0182. The van der Waals surface area contributed by atoms with Crippen molar-refractivity contribution in [3.63, 3.8) is 0 Å². The molecule has 0 spiro atoms. The number of hydrogen-bond acceptors (Lipinski definition) is 3. The van der Waals surface area contributed by atoms with Gasteiger partial charge < -0.3 is 14.7 Å². The number of hydrogen-bond donors (Lipinski definition) is 1. The number of benzene rings is 1. The summed E-state index contributed by atoms with van der Waals surface area (Å²) in [5, 5.41) is 7.05. The van der Waals surface area contributed by atoms with E-state index in [1.165, 1.54) is 38.4 Å². The van der Waals surface area contributed by atoms with Crippen LogP contribution >= 0.6 is 11.6 Å². The highest BCUT2D eigenvalue weighted by molar-refractivity contribution is 6.21. The van der Waals surface area contributed by atoms with Crippen LogP contribution in [0.3, 0.4) is 0 Å². The fraction of sp³-hybridized carbons (Fsp3) is 0.294. The second-order valence-electron chi connectivity index (χ2n) is 5.52. The Morgan fingerprint density at radius 1 is 1.38 bits per heavy atom. The zero-order valence-corrected chi connectivity index (χ0v) is 14.7. The molecule has 2 rings (SSSR count). The first-order valence-corrected chi connectivity index (χ1v) is 7.86. The zero-order chi connectivity index (χ0) is 19.5. The molecule has 9 heteroatoms. The smallest absolute Gasteiger partial charge is 0.407 e. The van der Waals surface area contributed by atoms with E-state index in [-0.39, 0.29) is 23.6 Å². The van der Waals surface area contributed by atoms with Crippen LogP contribution in [0.25, 0.3) is 0 Å². The third-order valence-corrected chi connectivity index (χ3v) is 4.19. The average Bonchev–Trinajstić information content (AvgIpc) is 2.61. The standard InChI is InChI=1S/C17H16ClF3N2O3/c1-23(16(24)25)9-11-8-12(19)14(22-15(11)26-2)17(20,21)13(18)10-6-4-3-5-7-10/h3-8,13H,9H2,1-2H3,(H,24,25). The van der Waals surface area contributed by atoms with Gasteiger partial charge in [-0.1, -0.05) is 30.3 Å². The van der Waals surface area contributed by atoms with Gasteiger partial charge in [-0.15, -0.1) is 11.6 Å². The minimum Gasteiger partial charge on any atom is -0.481 e. The molecule has 1 N–H and O–H groups in total. The molecule has 2 aromatic rings. The minimum absolute atomic E-state index is 0.0142. The van der Waals surface area contributed by atoms with Crippen molar-refractivity contribution < 1.29 is 27.8 Å². The molecule has 5 nitrogen and oxygen atoms in total. The van der Waals surface area contributed by atoms with Crippen LogP contribution in [0.4, 0.5) is 18.0 Å². The summed E-state index contributed by atoms with van der Waals surface area (Å²) in [5.74, 6) is -5.42. The molecule has 0 bridgehead atoms. The highest BCUT2D eigenvalue weighted by atomic mass is 35.5. The lowest BCUT2D eigenvalue weighted by Crippen LogP contribution is -2.26. The predicted octanol–water partition coefficient (Wildman–Crippen LogP) is 4.41. The molecular weight excluding hydrogens is 373 g/mol.